The van der Waals surface area contributed by atoms with Gasteiger partial charge in [-0.25, -0.2) is 0 Å². The van der Waals surface area contributed by atoms with E-state index in [0.29, 0.717) is 45.6 Å². The molecule has 2 heterocycles. The number of anilines is 2. The Kier molecular flexibility index (Phi) is 8.33. The first kappa shape index (κ1) is 26.5. The molecule has 0 bridgehead atoms. The Labute approximate surface area is 230 Å². The van der Waals surface area contributed by atoms with Crippen LogP contribution in [0.15, 0.2) is 70.6 Å². The summed E-state index contributed by atoms with van der Waals surface area (Å²) in [6.07, 6.45) is 0. The minimum absolute atomic E-state index is 0. The normalized spacial score (nSPS) is 14.0. The summed E-state index contributed by atoms with van der Waals surface area (Å²) in [7, 11) is 0. The van der Waals surface area contributed by atoms with Crippen molar-refractivity contribution >= 4 is 70.5 Å². The molecule has 0 saturated heterocycles. The highest BCUT2D eigenvalue weighted by atomic mass is 35.5. The molecule has 2 aliphatic heterocycles. The molecule has 0 fully saturated rings. The van der Waals surface area contributed by atoms with Gasteiger partial charge in [-0.1, -0.05) is 29.3 Å². The number of amides is 2. The van der Waals surface area contributed by atoms with Gasteiger partial charge in [0.1, 0.15) is 11.7 Å². The predicted octanol–water partition coefficient (Wildman–Crippen LogP) is 4.62. The molecule has 0 aliphatic carbocycles. The van der Waals surface area contributed by atoms with Gasteiger partial charge in [0, 0.05) is 46.7 Å². The zero-order valence-electron chi connectivity index (χ0n) is 19.5. The second kappa shape index (κ2) is 11.6. The van der Waals surface area contributed by atoms with Crippen LogP contribution in [0.25, 0.3) is 0 Å². The molecule has 0 saturated carbocycles. The van der Waals surface area contributed by atoms with Crippen molar-refractivity contribution in [2.24, 2.45) is 9.98 Å². The summed E-state index contributed by atoms with van der Waals surface area (Å²) in [4.78, 5) is 34.4. The highest BCUT2D eigenvalue weighted by Crippen LogP contribution is 2.24. The van der Waals surface area contributed by atoms with Crippen molar-refractivity contribution < 1.29 is 9.59 Å². The Bertz CT molecular complexity index is 1320. The summed E-state index contributed by atoms with van der Waals surface area (Å²) in [6.45, 7) is 2.97. The van der Waals surface area contributed by atoms with Gasteiger partial charge in [-0.3, -0.25) is 19.6 Å². The minimum atomic E-state index is -0.359. The molecule has 3 aromatic rings. The van der Waals surface area contributed by atoms with E-state index in [9.17, 15) is 9.59 Å². The monoisotopic (exact) mass is 556 g/mol. The maximum Gasteiger partial charge on any atom is 0.255 e. The quantitative estimate of drug-likeness (QED) is 0.355. The van der Waals surface area contributed by atoms with Crippen LogP contribution in [0.2, 0.25) is 10.0 Å². The van der Waals surface area contributed by atoms with E-state index in [4.69, 9.17) is 23.2 Å². The summed E-state index contributed by atoms with van der Waals surface area (Å²) in [6, 6.07) is 17.0. The third-order valence-electron chi connectivity index (χ3n) is 5.70. The van der Waals surface area contributed by atoms with E-state index < -0.39 is 0 Å². The number of amidine groups is 2. The smallest absolute Gasteiger partial charge is 0.255 e. The van der Waals surface area contributed by atoms with Gasteiger partial charge in [-0.05, 0) is 54.6 Å². The van der Waals surface area contributed by atoms with Gasteiger partial charge in [0.15, 0.2) is 0 Å². The summed E-state index contributed by atoms with van der Waals surface area (Å²) in [5, 5.41) is 13.0. The van der Waals surface area contributed by atoms with Crippen molar-refractivity contribution in [2.45, 2.75) is 0 Å². The number of halogens is 3. The molecule has 5 rings (SSSR count). The van der Waals surface area contributed by atoms with Gasteiger partial charge >= 0.3 is 0 Å². The predicted molar refractivity (Wildman–Crippen MR) is 151 cm³/mol. The Morgan fingerprint density at radius 1 is 0.703 bits per heavy atom. The molecule has 190 valence electrons. The molecule has 8 nitrogen and oxygen atoms in total. The van der Waals surface area contributed by atoms with Gasteiger partial charge in [-0.2, -0.15) is 0 Å². The van der Waals surface area contributed by atoms with E-state index in [1.807, 2.05) is 12.1 Å². The molecule has 37 heavy (non-hydrogen) atoms. The van der Waals surface area contributed by atoms with E-state index in [0.717, 1.165) is 35.9 Å². The lowest BCUT2D eigenvalue weighted by molar-refractivity contribution is 0.102. The van der Waals surface area contributed by atoms with Crippen molar-refractivity contribution in [1.29, 1.82) is 0 Å². The second-order valence-electron chi connectivity index (χ2n) is 8.19. The molecule has 0 radical (unpaired) electrons. The first-order valence-corrected chi connectivity index (χ1v) is 12.1. The molecule has 0 atom stereocenters. The number of hydrogen-bond donors (Lipinski definition) is 4. The van der Waals surface area contributed by atoms with Crippen LogP contribution in [-0.2, 0) is 0 Å². The van der Waals surface area contributed by atoms with Crippen LogP contribution in [0, 0.1) is 0 Å². The lowest BCUT2D eigenvalue weighted by atomic mass is 10.1. The van der Waals surface area contributed by atoms with E-state index in [-0.39, 0.29) is 24.2 Å². The number of aliphatic imine (C=N–C) groups is 2. The Balaban J connectivity index is 0.00000320. The van der Waals surface area contributed by atoms with E-state index in [2.05, 4.69) is 31.3 Å². The molecular formula is C26H23Cl3N6O2. The maximum absolute atomic E-state index is 12.9. The summed E-state index contributed by atoms with van der Waals surface area (Å²) >= 11 is 12.8. The van der Waals surface area contributed by atoms with Gasteiger partial charge in [-0.15, -0.1) is 12.4 Å². The van der Waals surface area contributed by atoms with E-state index in [1.54, 1.807) is 42.5 Å². The lowest BCUT2D eigenvalue weighted by Crippen LogP contribution is -2.20. The molecule has 2 amide bonds. The van der Waals surface area contributed by atoms with Crippen LogP contribution in [0.4, 0.5) is 11.4 Å². The number of nitrogens with zero attached hydrogens (tertiary/aromatic N) is 2. The molecule has 0 spiro atoms. The molecule has 11 heteroatoms. The molecule has 4 N–H and O–H groups in total. The van der Waals surface area contributed by atoms with Crippen LogP contribution in [0.1, 0.15) is 31.8 Å². The first-order chi connectivity index (χ1) is 17.5. The van der Waals surface area contributed by atoms with Crippen LogP contribution in [0.3, 0.4) is 0 Å². The Hall–Kier alpha value is -3.59. The zero-order valence-corrected chi connectivity index (χ0v) is 21.8. The van der Waals surface area contributed by atoms with Gasteiger partial charge < -0.3 is 21.3 Å². The fourth-order valence-corrected chi connectivity index (χ4v) is 4.47. The maximum atomic E-state index is 12.9. The SMILES string of the molecule is Cl.O=C(Nc1ccc(C2=NCCN2)c(Cl)c1)c1cccc(C(=O)Nc2ccc(C3=NCCN3)c(Cl)c2)c1. The lowest BCUT2D eigenvalue weighted by Gasteiger charge is -2.11. The minimum Gasteiger partial charge on any atom is -0.368 e. The number of benzene rings is 3. The van der Waals surface area contributed by atoms with E-state index in [1.165, 1.54) is 6.07 Å². The summed E-state index contributed by atoms with van der Waals surface area (Å²) in [5.41, 5.74) is 3.32. The number of rotatable bonds is 6. The Morgan fingerprint density at radius 3 is 1.54 bits per heavy atom. The van der Waals surface area contributed by atoms with Crippen LogP contribution in [0.5, 0.6) is 0 Å². The molecular weight excluding hydrogens is 535 g/mol. The molecule has 2 aliphatic rings. The Morgan fingerprint density at radius 2 is 1.16 bits per heavy atom. The number of carbonyl (C=O) groups excluding carboxylic acids is 2. The number of carbonyl (C=O) groups is 2. The average molecular weight is 558 g/mol. The van der Waals surface area contributed by atoms with Crippen molar-refractivity contribution in [1.82, 2.24) is 10.6 Å². The van der Waals surface area contributed by atoms with Crippen molar-refractivity contribution in [3.63, 3.8) is 0 Å². The fourth-order valence-electron chi connectivity index (χ4n) is 3.93. The van der Waals surface area contributed by atoms with Crippen LogP contribution >= 0.6 is 35.6 Å². The van der Waals surface area contributed by atoms with Crippen LogP contribution < -0.4 is 21.3 Å². The molecule has 3 aromatic carbocycles. The van der Waals surface area contributed by atoms with Crippen molar-refractivity contribution in [3.05, 3.63) is 93.0 Å². The third kappa shape index (κ3) is 6.05. The highest BCUT2D eigenvalue weighted by Gasteiger charge is 2.16. The summed E-state index contributed by atoms with van der Waals surface area (Å²) in [5.74, 6) is 0.775. The van der Waals surface area contributed by atoms with Crippen LogP contribution in [-0.4, -0.2) is 49.7 Å². The third-order valence-corrected chi connectivity index (χ3v) is 6.32. The van der Waals surface area contributed by atoms with Crippen molar-refractivity contribution in [2.75, 3.05) is 36.8 Å². The van der Waals surface area contributed by atoms with Gasteiger partial charge in [0.25, 0.3) is 11.8 Å². The van der Waals surface area contributed by atoms with Crippen molar-refractivity contribution in [3.8, 4) is 0 Å². The summed E-state index contributed by atoms with van der Waals surface area (Å²) < 4.78 is 0. The van der Waals surface area contributed by atoms with E-state index >= 15 is 0 Å². The fraction of sp³-hybridized carbons (Fsp3) is 0.154. The standard InChI is InChI=1S/C26H22Cl2N6O2.ClH/c27-21-13-17(4-6-19(21)23-29-8-9-30-23)33-25(35)15-2-1-3-16(12-15)26(36)34-18-5-7-20(22(28)14-18)24-31-10-11-32-24;/h1-7,12-14H,8-11H2,(H,29,30)(H,31,32)(H,33,35)(H,34,36);1H. The molecule has 0 aromatic heterocycles. The largest absolute Gasteiger partial charge is 0.368 e. The zero-order chi connectivity index (χ0) is 25.1. The van der Waals surface area contributed by atoms with Gasteiger partial charge in [0.2, 0.25) is 0 Å². The molecule has 0 unspecified atom stereocenters. The number of nitrogens with one attached hydrogen (secondary N) is 4. The number of hydrogen-bond acceptors (Lipinski definition) is 6. The second-order valence-corrected chi connectivity index (χ2v) is 9.01. The topological polar surface area (TPSA) is 107 Å². The highest BCUT2D eigenvalue weighted by molar-refractivity contribution is 6.35. The average Bonchev–Trinajstić information content (AvgIpc) is 3.59. The van der Waals surface area contributed by atoms with Gasteiger partial charge in [0.05, 0.1) is 23.1 Å². The first-order valence-electron chi connectivity index (χ1n) is 11.4.